The van der Waals surface area contributed by atoms with E-state index in [0.29, 0.717) is 17.9 Å². The van der Waals surface area contributed by atoms with Gasteiger partial charge in [-0.1, -0.05) is 24.2 Å². The van der Waals surface area contributed by atoms with Crippen LogP contribution in [0.25, 0.3) is 5.69 Å². The average Bonchev–Trinajstić information content (AvgIpc) is 3.30. The predicted molar refractivity (Wildman–Crippen MR) is 92.5 cm³/mol. The monoisotopic (exact) mass is 354 g/mol. The van der Waals surface area contributed by atoms with Crippen molar-refractivity contribution in [2.45, 2.75) is 38.6 Å². The minimum absolute atomic E-state index is 0.173. The Labute approximate surface area is 150 Å². The fourth-order valence-corrected chi connectivity index (χ4v) is 3.36. The number of hydrogen-bond acceptors (Lipinski definition) is 4. The molecule has 0 fully saturated rings. The molecule has 0 spiro atoms. The normalized spacial score (nSPS) is 16.3. The Morgan fingerprint density at radius 2 is 2.27 bits per heavy atom. The van der Waals surface area contributed by atoms with Gasteiger partial charge in [0.25, 0.3) is 5.91 Å². The van der Waals surface area contributed by atoms with Crippen molar-refractivity contribution in [2.75, 3.05) is 0 Å². The summed E-state index contributed by atoms with van der Waals surface area (Å²) < 4.78 is 20.9. The van der Waals surface area contributed by atoms with Crippen molar-refractivity contribution in [3.05, 3.63) is 65.1 Å². The second-order valence-electron chi connectivity index (χ2n) is 6.36. The lowest BCUT2D eigenvalue weighted by atomic mass is 9.92. The molecule has 0 bridgehead atoms. The number of halogens is 1. The van der Waals surface area contributed by atoms with Gasteiger partial charge in [-0.3, -0.25) is 4.79 Å². The number of aromatic nitrogens is 3. The maximum absolute atomic E-state index is 14.1. The van der Waals surface area contributed by atoms with Crippen molar-refractivity contribution in [3.63, 3.8) is 0 Å². The minimum atomic E-state index is -0.320. The maximum Gasteiger partial charge on any atom is 0.273 e. The smallest absolute Gasteiger partial charge is 0.273 e. The number of fused-ring (bicyclic) bond motifs is 1. The van der Waals surface area contributed by atoms with Gasteiger partial charge >= 0.3 is 0 Å². The van der Waals surface area contributed by atoms with Gasteiger partial charge < -0.3 is 9.84 Å². The predicted octanol–water partition coefficient (Wildman–Crippen LogP) is 3.37. The van der Waals surface area contributed by atoms with Gasteiger partial charge in [-0.2, -0.15) is 5.10 Å². The molecule has 7 heteroatoms. The van der Waals surface area contributed by atoms with Gasteiger partial charge in [0, 0.05) is 23.7 Å². The Bertz CT molecular complexity index is 947. The first-order valence-corrected chi connectivity index (χ1v) is 8.75. The molecule has 0 aliphatic heterocycles. The van der Waals surface area contributed by atoms with Gasteiger partial charge in [-0.15, -0.1) is 0 Å². The summed E-state index contributed by atoms with van der Waals surface area (Å²) in [5.41, 5.74) is 2.55. The maximum atomic E-state index is 14.1. The third-order valence-electron chi connectivity index (χ3n) is 4.71. The molecule has 2 aromatic heterocycles. The third kappa shape index (κ3) is 2.89. The number of carbonyl (C=O) groups excluding carboxylic acids is 1. The number of para-hydroxylation sites is 1. The van der Waals surface area contributed by atoms with E-state index in [-0.39, 0.29) is 23.5 Å². The number of amides is 1. The summed E-state index contributed by atoms with van der Waals surface area (Å²) in [6, 6.07) is 8.04. The Kier molecular flexibility index (Phi) is 4.28. The minimum Gasteiger partial charge on any atom is -0.361 e. The number of nitrogens with zero attached hydrogens (tertiary/aromatic N) is 3. The van der Waals surface area contributed by atoms with Crippen LogP contribution in [0.15, 0.2) is 41.1 Å². The zero-order valence-corrected chi connectivity index (χ0v) is 14.4. The van der Waals surface area contributed by atoms with Crippen LogP contribution in [0, 0.1) is 5.82 Å². The van der Waals surface area contributed by atoms with E-state index in [1.165, 1.54) is 6.07 Å². The summed E-state index contributed by atoms with van der Waals surface area (Å²) >= 11 is 0. The van der Waals surface area contributed by atoms with Crippen LogP contribution in [0.3, 0.4) is 0 Å². The fourth-order valence-electron chi connectivity index (χ4n) is 3.36. The Morgan fingerprint density at radius 1 is 1.42 bits per heavy atom. The van der Waals surface area contributed by atoms with Crippen LogP contribution in [0.2, 0.25) is 0 Å². The summed E-state index contributed by atoms with van der Waals surface area (Å²) in [6.07, 6.45) is 4.88. The number of benzene rings is 1. The molecule has 1 N–H and O–H groups in total. The molecule has 6 nitrogen and oxygen atoms in total. The molecule has 1 aliphatic rings. The first-order chi connectivity index (χ1) is 12.7. The van der Waals surface area contributed by atoms with E-state index in [2.05, 4.69) is 15.6 Å². The molecule has 4 rings (SSSR count). The molecule has 1 amide bonds. The van der Waals surface area contributed by atoms with E-state index in [9.17, 15) is 9.18 Å². The Morgan fingerprint density at radius 3 is 3.04 bits per heavy atom. The SMILES string of the molecule is CCc1cc(C(=O)NC2CCCc3c2cnn3-c2ccccc2F)no1. The highest BCUT2D eigenvalue weighted by Crippen LogP contribution is 2.31. The highest BCUT2D eigenvalue weighted by molar-refractivity contribution is 5.92. The summed E-state index contributed by atoms with van der Waals surface area (Å²) in [6.45, 7) is 1.94. The quantitative estimate of drug-likeness (QED) is 0.780. The topological polar surface area (TPSA) is 73.0 Å². The number of rotatable bonds is 4. The largest absolute Gasteiger partial charge is 0.361 e. The Balaban J connectivity index is 1.60. The van der Waals surface area contributed by atoms with Crippen molar-refractivity contribution < 1.29 is 13.7 Å². The molecular weight excluding hydrogens is 335 g/mol. The molecule has 1 unspecified atom stereocenters. The lowest BCUT2D eigenvalue weighted by Crippen LogP contribution is -2.31. The fraction of sp³-hybridized carbons (Fsp3) is 0.316. The van der Waals surface area contributed by atoms with Gasteiger partial charge in [-0.05, 0) is 31.4 Å². The van der Waals surface area contributed by atoms with Gasteiger partial charge in [-0.25, -0.2) is 9.07 Å². The highest BCUT2D eigenvalue weighted by Gasteiger charge is 2.27. The molecule has 1 aromatic carbocycles. The van der Waals surface area contributed by atoms with Gasteiger partial charge in [0.2, 0.25) is 0 Å². The zero-order chi connectivity index (χ0) is 18.1. The molecule has 0 radical (unpaired) electrons. The lowest BCUT2D eigenvalue weighted by molar-refractivity contribution is 0.0923. The van der Waals surface area contributed by atoms with Crippen LogP contribution in [-0.4, -0.2) is 20.8 Å². The van der Waals surface area contributed by atoms with Crippen LogP contribution in [0.5, 0.6) is 0 Å². The van der Waals surface area contributed by atoms with Crippen molar-refractivity contribution in [3.8, 4) is 5.69 Å². The third-order valence-corrected chi connectivity index (χ3v) is 4.71. The van der Waals surface area contributed by atoms with Gasteiger partial charge in [0.1, 0.15) is 17.3 Å². The molecule has 0 saturated carbocycles. The highest BCUT2D eigenvalue weighted by atomic mass is 19.1. The van der Waals surface area contributed by atoms with Crippen molar-refractivity contribution in [1.82, 2.24) is 20.3 Å². The average molecular weight is 354 g/mol. The molecule has 134 valence electrons. The number of aryl methyl sites for hydroxylation is 1. The standard InChI is InChI=1S/C19H19FN4O2/c1-2-12-10-16(23-26-12)19(25)22-15-7-5-9-17-13(15)11-21-24(17)18-8-4-3-6-14(18)20/h3-4,6,8,10-11,15H,2,5,7,9H2,1H3,(H,22,25). The summed E-state index contributed by atoms with van der Waals surface area (Å²) in [7, 11) is 0. The van der Waals surface area contributed by atoms with E-state index in [0.717, 1.165) is 30.5 Å². The first kappa shape index (κ1) is 16.5. The van der Waals surface area contributed by atoms with Crippen LogP contribution < -0.4 is 5.32 Å². The van der Waals surface area contributed by atoms with E-state index < -0.39 is 0 Å². The molecule has 0 saturated heterocycles. The van der Waals surface area contributed by atoms with Crippen LogP contribution in [0.4, 0.5) is 4.39 Å². The summed E-state index contributed by atoms with van der Waals surface area (Å²) in [4.78, 5) is 12.5. The van der Waals surface area contributed by atoms with Gasteiger partial charge in [0.15, 0.2) is 5.69 Å². The van der Waals surface area contributed by atoms with Crippen molar-refractivity contribution >= 4 is 5.91 Å². The summed E-state index contributed by atoms with van der Waals surface area (Å²) in [5.74, 6) is 0.0797. The van der Waals surface area contributed by atoms with Crippen molar-refractivity contribution in [2.24, 2.45) is 0 Å². The molecule has 2 heterocycles. The van der Waals surface area contributed by atoms with Crippen molar-refractivity contribution in [1.29, 1.82) is 0 Å². The first-order valence-electron chi connectivity index (χ1n) is 8.75. The van der Waals surface area contributed by atoms with E-state index in [4.69, 9.17) is 4.52 Å². The Hall–Kier alpha value is -2.96. The van der Waals surface area contributed by atoms with Crippen LogP contribution in [0.1, 0.15) is 53.3 Å². The molecule has 1 atom stereocenters. The molecule has 1 aliphatic carbocycles. The van der Waals surface area contributed by atoms with E-state index in [1.807, 2.05) is 6.92 Å². The molecule has 3 aromatic rings. The number of carbonyl (C=O) groups is 1. The number of hydrogen-bond donors (Lipinski definition) is 1. The van der Waals surface area contributed by atoms with E-state index in [1.54, 1.807) is 35.1 Å². The number of nitrogens with one attached hydrogen (secondary N) is 1. The lowest BCUT2D eigenvalue weighted by Gasteiger charge is -2.24. The molecular formula is C19H19FN4O2. The second kappa shape index (κ2) is 6.74. The van der Waals surface area contributed by atoms with Crippen LogP contribution >= 0.6 is 0 Å². The van der Waals surface area contributed by atoms with E-state index >= 15 is 0 Å². The zero-order valence-electron chi connectivity index (χ0n) is 14.4. The molecule has 26 heavy (non-hydrogen) atoms. The summed E-state index contributed by atoms with van der Waals surface area (Å²) in [5, 5.41) is 11.2. The second-order valence-corrected chi connectivity index (χ2v) is 6.36. The van der Waals surface area contributed by atoms with Gasteiger partial charge in [0.05, 0.1) is 12.2 Å². The van der Waals surface area contributed by atoms with Crippen LogP contribution in [-0.2, 0) is 12.8 Å².